The van der Waals surface area contributed by atoms with Crippen LogP contribution in [-0.4, -0.2) is 34.1 Å². The molecule has 1 amide bonds. The molecule has 1 aliphatic heterocycles. The Kier molecular flexibility index (Phi) is 4.79. The van der Waals surface area contributed by atoms with Gasteiger partial charge in [0.1, 0.15) is 5.75 Å². The van der Waals surface area contributed by atoms with E-state index in [1.165, 1.54) is 6.20 Å². The van der Waals surface area contributed by atoms with Gasteiger partial charge >= 0.3 is 5.97 Å². The Morgan fingerprint density at radius 2 is 2.07 bits per heavy atom. The summed E-state index contributed by atoms with van der Waals surface area (Å²) < 4.78 is 5.55. The van der Waals surface area contributed by atoms with Crippen LogP contribution in [0.5, 0.6) is 5.75 Å². The predicted molar refractivity (Wildman–Crippen MR) is 104 cm³/mol. The lowest BCUT2D eigenvalue weighted by Crippen LogP contribution is -2.55. The fourth-order valence-corrected chi connectivity index (χ4v) is 4.30. The predicted octanol–water partition coefficient (Wildman–Crippen LogP) is 3.45. The second-order valence-electron chi connectivity index (χ2n) is 7.89. The van der Waals surface area contributed by atoms with Gasteiger partial charge in [0.25, 0.3) is 5.91 Å². The Labute approximate surface area is 163 Å². The number of hydrogen-bond acceptors (Lipinski definition) is 4. The van der Waals surface area contributed by atoms with Crippen molar-refractivity contribution in [3.63, 3.8) is 0 Å². The number of pyridine rings is 1. The molecule has 1 aromatic heterocycles. The van der Waals surface area contributed by atoms with Crippen LogP contribution in [0.3, 0.4) is 0 Å². The van der Waals surface area contributed by atoms with E-state index in [2.05, 4.69) is 16.4 Å². The molecule has 28 heavy (non-hydrogen) atoms. The first-order valence-corrected chi connectivity index (χ1v) is 9.73. The van der Waals surface area contributed by atoms with Crippen molar-refractivity contribution in [2.45, 2.75) is 44.6 Å². The molecule has 4 rings (SSSR count). The average molecular weight is 380 g/mol. The number of carboxylic acids is 1. The van der Waals surface area contributed by atoms with Crippen molar-refractivity contribution < 1.29 is 19.4 Å². The van der Waals surface area contributed by atoms with Gasteiger partial charge in [0.2, 0.25) is 0 Å². The van der Waals surface area contributed by atoms with Crippen molar-refractivity contribution in [2.75, 3.05) is 6.61 Å². The SMILES string of the molecule is CC1(NC(=O)c2cncc(-c3ccc4c(c3)CCO4)c2)CCCCC1C(=O)O. The van der Waals surface area contributed by atoms with Crippen LogP contribution in [0.25, 0.3) is 11.1 Å². The fraction of sp³-hybridized carbons (Fsp3) is 0.409. The Bertz CT molecular complexity index is 927. The summed E-state index contributed by atoms with van der Waals surface area (Å²) in [5, 5.41) is 12.5. The Morgan fingerprint density at radius 1 is 1.21 bits per heavy atom. The molecule has 6 heteroatoms. The number of hydrogen-bond donors (Lipinski definition) is 2. The molecule has 1 saturated carbocycles. The van der Waals surface area contributed by atoms with Crippen molar-refractivity contribution >= 4 is 11.9 Å². The van der Waals surface area contributed by atoms with Crippen LogP contribution in [0.1, 0.15) is 48.5 Å². The molecule has 2 atom stereocenters. The zero-order valence-electron chi connectivity index (χ0n) is 15.9. The van der Waals surface area contributed by atoms with E-state index < -0.39 is 17.4 Å². The van der Waals surface area contributed by atoms with Crippen molar-refractivity contribution in [3.05, 3.63) is 47.8 Å². The van der Waals surface area contributed by atoms with Crippen LogP contribution in [0.15, 0.2) is 36.7 Å². The normalized spacial score (nSPS) is 23.5. The van der Waals surface area contributed by atoms with E-state index >= 15 is 0 Å². The van der Waals surface area contributed by atoms with E-state index in [9.17, 15) is 14.7 Å². The van der Waals surface area contributed by atoms with Crippen molar-refractivity contribution in [3.8, 4) is 16.9 Å². The zero-order chi connectivity index (χ0) is 19.7. The third-order valence-electron chi connectivity index (χ3n) is 5.93. The van der Waals surface area contributed by atoms with Crippen LogP contribution < -0.4 is 10.1 Å². The molecule has 0 spiro atoms. The fourth-order valence-electron chi connectivity index (χ4n) is 4.30. The number of carbonyl (C=O) groups excluding carboxylic acids is 1. The second kappa shape index (κ2) is 7.26. The number of carbonyl (C=O) groups is 2. The van der Waals surface area contributed by atoms with Gasteiger partial charge in [-0.05, 0) is 49.1 Å². The van der Waals surface area contributed by atoms with E-state index in [4.69, 9.17) is 4.74 Å². The summed E-state index contributed by atoms with van der Waals surface area (Å²) in [7, 11) is 0. The quantitative estimate of drug-likeness (QED) is 0.848. The van der Waals surface area contributed by atoms with E-state index in [0.717, 1.165) is 41.7 Å². The highest BCUT2D eigenvalue weighted by Gasteiger charge is 2.42. The van der Waals surface area contributed by atoms with Crippen molar-refractivity contribution in [1.29, 1.82) is 0 Å². The van der Waals surface area contributed by atoms with Crippen LogP contribution in [0.2, 0.25) is 0 Å². The van der Waals surface area contributed by atoms with Gasteiger partial charge in [-0.25, -0.2) is 0 Å². The average Bonchev–Trinajstić information content (AvgIpc) is 3.15. The van der Waals surface area contributed by atoms with Crippen LogP contribution >= 0.6 is 0 Å². The molecule has 1 aromatic carbocycles. The maximum Gasteiger partial charge on any atom is 0.308 e. The van der Waals surface area contributed by atoms with Crippen LogP contribution in [0.4, 0.5) is 0 Å². The summed E-state index contributed by atoms with van der Waals surface area (Å²) in [5.41, 5.74) is 2.68. The van der Waals surface area contributed by atoms with E-state index in [-0.39, 0.29) is 5.91 Å². The van der Waals surface area contributed by atoms with Gasteiger partial charge in [-0.15, -0.1) is 0 Å². The Morgan fingerprint density at radius 3 is 2.89 bits per heavy atom. The third kappa shape index (κ3) is 3.46. The summed E-state index contributed by atoms with van der Waals surface area (Å²) >= 11 is 0. The van der Waals surface area contributed by atoms with E-state index in [1.54, 1.807) is 6.20 Å². The topological polar surface area (TPSA) is 88.5 Å². The summed E-state index contributed by atoms with van der Waals surface area (Å²) in [4.78, 5) is 28.8. The van der Waals surface area contributed by atoms with Crippen molar-refractivity contribution in [1.82, 2.24) is 10.3 Å². The summed E-state index contributed by atoms with van der Waals surface area (Å²) in [6, 6.07) is 7.79. The maximum absolute atomic E-state index is 12.9. The van der Waals surface area contributed by atoms with Gasteiger partial charge in [-0.3, -0.25) is 14.6 Å². The van der Waals surface area contributed by atoms with E-state index in [0.29, 0.717) is 25.0 Å². The van der Waals surface area contributed by atoms with E-state index in [1.807, 2.05) is 25.1 Å². The first-order chi connectivity index (χ1) is 13.5. The highest BCUT2D eigenvalue weighted by Crippen LogP contribution is 2.34. The number of ether oxygens (including phenoxy) is 1. The Balaban J connectivity index is 1.57. The van der Waals surface area contributed by atoms with Crippen LogP contribution in [0, 0.1) is 5.92 Å². The highest BCUT2D eigenvalue weighted by molar-refractivity contribution is 5.96. The minimum atomic E-state index is -0.852. The number of nitrogens with one attached hydrogen (secondary N) is 1. The van der Waals surface area contributed by atoms with Gasteiger partial charge < -0.3 is 15.2 Å². The first-order valence-electron chi connectivity index (χ1n) is 9.73. The molecule has 0 bridgehead atoms. The Hall–Kier alpha value is -2.89. The smallest absolute Gasteiger partial charge is 0.308 e. The number of fused-ring (bicyclic) bond motifs is 1. The number of aromatic nitrogens is 1. The number of nitrogens with zero attached hydrogens (tertiary/aromatic N) is 1. The molecule has 146 valence electrons. The highest BCUT2D eigenvalue weighted by atomic mass is 16.5. The monoisotopic (exact) mass is 380 g/mol. The minimum absolute atomic E-state index is 0.283. The summed E-state index contributed by atoms with van der Waals surface area (Å²) in [6.07, 6.45) is 7.17. The largest absolute Gasteiger partial charge is 0.493 e. The number of rotatable bonds is 4. The zero-order valence-corrected chi connectivity index (χ0v) is 15.9. The standard InChI is InChI=1S/C22H24N2O4/c1-22(8-3-2-4-18(22)21(26)27)24-20(25)17-11-16(12-23-13-17)14-5-6-19-15(10-14)7-9-28-19/h5-6,10-13,18H,2-4,7-9H2,1H3,(H,24,25)(H,26,27). The maximum atomic E-state index is 12.9. The van der Waals surface area contributed by atoms with Gasteiger partial charge in [0.05, 0.1) is 23.6 Å². The lowest BCUT2D eigenvalue weighted by atomic mass is 9.73. The van der Waals surface area contributed by atoms with Gasteiger partial charge in [-0.1, -0.05) is 18.9 Å². The van der Waals surface area contributed by atoms with Crippen LogP contribution in [-0.2, 0) is 11.2 Å². The second-order valence-corrected chi connectivity index (χ2v) is 7.89. The molecule has 0 saturated heterocycles. The lowest BCUT2D eigenvalue weighted by Gasteiger charge is -2.39. The van der Waals surface area contributed by atoms with Crippen molar-refractivity contribution in [2.24, 2.45) is 5.92 Å². The number of benzene rings is 1. The van der Waals surface area contributed by atoms with Gasteiger partial charge in [-0.2, -0.15) is 0 Å². The number of aliphatic carboxylic acids is 1. The van der Waals surface area contributed by atoms with Gasteiger partial charge in [0, 0.05) is 24.4 Å². The molecule has 0 radical (unpaired) electrons. The molecule has 1 fully saturated rings. The molecular weight excluding hydrogens is 356 g/mol. The lowest BCUT2D eigenvalue weighted by molar-refractivity contribution is -0.145. The summed E-state index contributed by atoms with van der Waals surface area (Å²) in [5.74, 6) is -0.794. The number of carboxylic acid groups (broad SMARTS) is 1. The minimum Gasteiger partial charge on any atom is -0.493 e. The molecule has 2 aromatic rings. The molecule has 2 aliphatic rings. The first kappa shape index (κ1) is 18.5. The number of amides is 1. The molecule has 1 aliphatic carbocycles. The molecule has 6 nitrogen and oxygen atoms in total. The summed E-state index contributed by atoms with van der Waals surface area (Å²) in [6.45, 7) is 2.53. The molecular formula is C22H24N2O4. The molecule has 2 heterocycles. The molecule has 2 unspecified atom stereocenters. The third-order valence-corrected chi connectivity index (χ3v) is 5.93. The van der Waals surface area contributed by atoms with Gasteiger partial charge in [0.15, 0.2) is 0 Å². The molecule has 2 N–H and O–H groups in total.